The van der Waals surface area contributed by atoms with Gasteiger partial charge in [-0.2, -0.15) is 0 Å². The molecule has 0 N–H and O–H groups in total. The van der Waals surface area contributed by atoms with Gasteiger partial charge in [-0.3, -0.25) is 0 Å². The second-order valence-corrected chi connectivity index (χ2v) is 10.0. The zero-order valence-corrected chi connectivity index (χ0v) is 19.0. The van der Waals surface area contributed by atoms with Crippen molar-refractivity contribution < 1.29 is 18.3 Å². The normalized spacial score (nSPS) is 12.9. The van der Waals surface area contributed by atoms with Gasteiger partial charge in [-0.05, 0) is 55.5 Å². The largest absolute Gasteiger partial charge is 0.438 e. The Morgan fingerprint density at radius 2 is 1.44 bits per heavy atom. The Morgan fingerprint density at radius 3 is 2.03 bits per heavy atom. The third kappa shape index (κ3) is 3.72. The Balaban J connectivity index is 1.56. The van der Waals surface area contributed by atoms with Gasteiger partial charge in [0.2, 0.25) is 0 Å². The van der Waals surface area contributed by atoms with Gasteiger partial charge in [-0.15, -0.1) is 6.42 Å². The summed E-state index contributed by atoms with van der Waals surface area (Å²) in [5.74, 6) is 0.107. The van der Waals surface area contributed by atoms with Gasteiger partial charge in [0.25, 0.3) is 0 Å². The molecule has 0 aliphatic rings. The number of fused-ring (bicyclic) bond motifs is 3. The molecule has 0 aliphatic carbocycles. The maximum absolute atomic E-state index is 13.8. The highest BCUT2D eigenvalue weighted by Crippen LogP contribution is 2.48. The fraction of sp³-hybridized carbons (Fsp3) is 0.0690. The van der Waals surface area contributed by atoms with E-state index in [1.54, 1.807) is 18.2 Å². The molecule has 1 heterocycles. The van der Waals surface area contributed by atoms with E-state index in [1.807, 2.05) is 30.3 Å². The molecule has 0 amide bonds. The average Bonchev–Trinajstić information content (AvgIpc) is 3.18. The van der Waals surface area contributed by atoms with E-state index >= 15 is 0 Å². The lowest BCUT2D eigenvalue weighted by Gasteiger charge is -2.24. The Morgan fingerprint density at radius 1 is 0.853 bits per heavy atom. The van der Waals surface area contributed by atoms with Crippen LogP contribution in [0.4, 0.5) is 8.78 Å². The molecular weight excluding hydrogens is 450 g/mol. The van der Waals surface area contributed by atoms with Crippen LogP contribution in [0.1, 0.15) is 22.8 Å². The van der Waals surface area contributed by atoms with Crippen molar-refractivity contribution in [2.75, 3.05) is 0 Å². The summed E-state index contributed by atoms with van der Waals surface area (Å²) in [6, 6.07) is 26.6. The quantitative estimate of drug-likeness (QED) is 0.153. The second-order valence-electron chi connectivity index (χ2n) is 8.05. The van der Waals surface area contributed by atoms with Crippen LogP contribution in [0.2, 0.25) is 0 Å². The van der Waals surface area contributed by atoms with E-state index in [2.05, 4.69) is 30.2 Å². The molecule has 0 spiro atoms. The summed E-state index contributed by atoms with van der Waals surface area (Å²) >= 11 is 0. The molecule has 0 aliphatic heterocycles. The minimum Gasteiger partial charge on any atom is -0.438 e. The van der Waals surface area contributed by atoms with Gasteiger partial charge in [0.05, 0.1) is 5.56 Å². The van der Waals surface area contributed by atoms with E-state index in [9.17, 15) is 13.6 Å². The van der Waals surface area contributed by atoms with Crippen molar-refractivity contribution in [3.63, 3.8) is 0 Å². The lowest BCUT2D eigenvalue weighted by Crippen LogP contribution is -2.28. The molecule has 5 heteroatoms. The third-order valence-corrected chi connectivity index (χ3v) is 8.11. The first kappa shape index (κ1) is 21.8. The molecule has 34 heavy (non-hydrogen) atoms. The van der Waals surface area contributed by atoms with E-state index in [0.717, 1.165) is 23.1 Å². The van der Waals surface area contributed by atoms with Crippen LogP contribution in [0.3, 0.4) is 0 Å². The van der Waals surface area contributed by atoms with Crippen molar-refractivity contribution in [2.45, 2.75) is 12.5 Å². The average molecular weight is 470 g/mol. The van der Waals surface area contributed by atoms with Gasteiger partial charge in [-0.25, -0.2) is 13.6 Å². The van der Waals surface area contributed by atoms with Crippen molar-refractivity contribution >= 4 is 36.6 Å². The first-order valence-electron chi connectivity index (χ1n) is 10.6. The predicted octanol–water partition coefficient (Wildman–Crippen LogP) is 7.71. The Labute approximate surface area is 198 Å². The summed E-state index contributed by atoms with van der Waals surface area (Å²) in [7, 11) is -0.382. The van der Waals surface area contributed by atoms with Gasteiger partial charge >= 0.3 is 5.97 Å². The number of terminal acetylenes is 1. The summed E-state index contributed by atoms with van der Waals surface area (Å²) < 4.78 is 35.6. The fourth-order valence-electron chi connectivity index (χ4n) is 4.10. The number of carbonyl (C=O) groups is 1. The van der Waals surface area contributed by atoms with Crippen LogP contribution in [0.25, 0.3) is 25.1 Å². The summed E-state index contributed by atoms with van der Waals surface area (Å²) in [6.07, 6.45) is 5.63. The number of benzene rings is 4. The monoisotopic (exact) mass is 469 g/mol. The highest BCUT2D eigenvalue weighted by atomic mass is 32.2. The van der Waals surface area contributed by atoms with Crippen LogP contribution in [0.5, 0.6) is 0 Å². The zero-order chi connectivity index (χ0) is 23.9. The van der Waals surface area contributed by atoms with Gasteiger partial charge < -0.3 is 4.74 Å². The van der Waals surface area contributed by atoms with Crippen LogP contribution >= 0.6 is 10.5 Å². The molecule has 1 atom stereocenters. The number of rotatable bonds is 4. The lowest BCUT2D eigenvalue weighted by molar-refractivity contribution is 0.0127. The maximum Gasteiger partial charge on any atom is 0.340 e. The zero-order valence-electron chi connectivity index (χ0n) is 18.2. The Hall–Kier alpha value is -4.01. The van der Waals surface area contributed by atoms with Crippen LogP contribution < -0.4 is 0 Å². The molecule has 166 valence electrons. The first-order chi connectivity index (χ1) is 16.4. The molecule has 4 aromatic carbocycles. The maximum atomic E-state index is 13.8. The minimum atomic E-state index is -1.63. The second kappa shape index (κ2) is 8.40. The van der Waals surface area contributed by atoms with Crippen molar-refractivity contribution in [1.82, 2.24) is 0 Å². The SMILES string of the molecule is C#CC(C)(OC(=O)c1cccc(-[s+]2c3ccccc3c3ccccc32)c1)c1cc(F)cc(F)c1. The molecule has 2 nitrogen and oxygen atoms in total. The van der Waals surface area contributed by atoms with Crippen LogP contribution in [0, 0.1) is 24.0 Å². The lowest BCUT2D eigenvalue weighted by atomic mass is 9.96. The number of ether oxygens (including phenoxy) is 1. The molecule has 0 saturated carbocycles. The molecule has 1 aromatic heterocycles. The van der Waals surface area contributed by atoms with E-state index < -0.39 is 23.2 Å². The third-order valence-electron chi connectivity index (χ3n) is 5.80. The van der Waals surface area contributed by atoms with E-state index in [1.165, 1.54) is 27.1 Å². The molecule has 1 unspecified atom stereocenters. The van der Waals surface area contributed by atoms with Crippen LogP contribution in [-0.2, 0) is 10.3 Å². The molecule has 0 fully saturated rings. The molecular formula is C29H19F2O2S+. The molecule has 0 radical (unpaired) electrons. The molecule has 5 rings (SSSR count). The van der Waals surface area contributed by atoms with Gasteiger partial charge in [0, 0.05) is 38.9 Å². The van der Waals surface area contributed by atoms with Crippen LogP contribution in [0.15, 0.2) is 91.0 Å². The minimum absolute atomic E-state index is 0.0533. The van der Waals surface area contributed by atoms with E-state index in [-0.39, 0.29) is 16.0 Å². The van der Waals surface area contributed by atoms with Crippen molar-refractivity contribution in [1.29, 1.82) is 0 Å². The van der Waals surface area contributed by atoms with E-state index in [0.29, 0.717) is 5.56 Å². The highest BCUT2D eigenvalue weighted by molar-refractivity contribution is 7.50. The summed E-state index contributed by atoms with van der Waals surface area (Å²) in [5, 5.41) is 2.37. The summed E-state index contributed by atoms with van der Waals surface area (Å²) in [5.41, 5.74) is -1.27. The van der Waals surface area contributed by atoms with Gasteiger partial charge in [0.15, 0.2) is 19.9 Å². The summed E-state index contributed by atoms with van der Waals surface area (Å²) in [6.45, 7) is 1.44. The van der Waals surface area contributed by atoms with Crippen molar-refractivity contribution in [2.24, 2.45) is 0 Å². The first-order valence-corrected chi connectivity index (χ1v) is 11.8. The standard InChI is InChI=1S/C29H19F2O2S/c1-3-29(2,20-16-21(30)18-22(31)17-20)33-28(32)19-9-8-10-23(15-19)34-26-13-6-4-11-24(26)25-12-5-7-14-27(25)34/h1,4-18H,2H3/q+1. The Kier molecular flexibility index (Phi) is 5.39. The molecule has 0 saturated heterocycles. The number of esters is 1. The Bertz CT molecular complexity index is 1540. The fourth-order valence-corrected chi connectivity index (χ4v) is 6.53. The number of carbonyl (C=O) groups excluding carboxylic acids is 1. The smallest absolute Gasteiger partial charge is 0.340 e. The highest BCUT2D eigenvalue weighted by Gasteiger charge is 2.31. The van der Waals surface area contributed by atoms with Crippen molar-refractivity contribution in [3.05, 3.63) is 114 Å². The topological polar surface area (TPSA) is 26.3 Å². The number of halogens is 2. The van der Waals surface area contributed by atoms with Crippen molar-refractivity contribution in [3.8, 4) is 17.2 Å². The van der Waals surface area contributed by atoms with E-state index in [4.69, 9.17) is 11.2 Å². The number of thiophene rings is 1. The number of hydrogen-bond acceptors (Lipinski definition) is 2. The molecule has 0 bridgehead atoms. The molecule has 5 aromatic rings. The van der Waals surface area contributed by atoms with Gasteiger partial charge in [-0.1, -0.05) is 36.3 Å². The van der Waals surface area contributed by atoms with Gasteiger partial charge in [0.1, 0.15) is 11.6 Å². The van der Waals surface area contributed by atoms with Crippen LogP contribution in [-0.4, -0.2) is 5.97 Å². The predicted molar refractivity (Wildman–Crippen MR) is 133 cm³/mol. The summed E-state index contributed by atoms with van der Waals surface area (Å²) in [4.78, 5) is 14.1. The number of hydrogen-bond donors (Lipinski definition) is 0.